The first-order valence-electron chi connectivity index (χ1n) is 7.61. The van der Waals surface area contributed by atoms with E-state index < -0.39 is 0 Å². The molecule has 1 fully saturated rings. The van der Waals surface area contributed by atoms with Crippen molar-refractivity contribution < 1.29 is 4.52 Å². The molecule has 118 valence electrons. The van der Waals surface area contributed by atoms with Crippen LogP contribution in [-0.2, 0) is 5.75 Å². The van der Waals surface area contributed by atoms with Crippen LogP contribution < -0.4 is 4.90 Å². The Balaban J connectivity index is 1.39. The van der Waals surface area contributed by atoms with Crippen LogP contribution in [0.15, 0.2) is 45.3 Å². The maximum Gasteiger partial charge on any atom is 0.209 e. The molecule has 2 aromatic heterocycles. The topological polar surface area (TPSA) is 55.1 Å². The maximum absolute atomic E-state index is 5.42. The van der Waals surface area contributed by atoms with Crippen molar-refractivity contribution in [3.63, 3.8) is 0 Å². The van der Waals surface area contributed by atoms with E-state index in [1.165, 1.54) is 12.8 Å². The third-order valence-electron chi connectivity index (χ3n) is 3.73. The van der Waals surface area contributed by atoms with E-state index in [-0.39, 0.29) is 0 Å². The molecule has 3 heterocycles. The van der Waals surface area contributed by atoms with Crippen LogP contribution >= 0.6 is 23.1 Å². The number of rotatable bonds is 5. The summed E-state index contributed by atoms with van der Waals surface area (Å²) in [6.07, 6.45) is 2.51. The minimum atomic E-state index is 0.741. The lowest BCUT2D eigenvalue weighted by atomic mass is 10.2. The minimum absolute atomic E-state index is 0.741. The van der Waals surface area contributed by atoms with Crippen LogP contribution in [0, 0.1) is 0 Å². The van der Waals surface area contributed by atoms with E-state index in [1.807, 2.05) is 36.4 Å². The second-order valence-corrected chi connectivity index (χ2v) is 7.56. The van der Waals surface area contributed by atoms with Gasteiger partial charge in [0.15, 0.2) is 10.1 Å². The van der Waals surface area contributed by atoms with Gasteiger partial charge in [-0.15, -0.1) is 10.2 Å². The van der Waals surface area contributed by atoms with Gasteiger partial charge < -0.3 is 9.42 Å². The van der Waals surface area contributed by atoms with Gasteiger partial charge >= 0.3 is 0 Å². The molecule has 0 saturated carbocycles. The minimum Gasteiger partial charge on any atom is -0.356 e. The molecule has 0 bridgehead atoms. The number of aromatic nitrogens is 3. The van der Waals surface area contributed by atoms with Crippen molar-refractivity contribution in [2.45, 2.75) is 22.9 Å². The molecule has 1 aliphatic rings. The second kappa shape index (κ2) is 6.72. The van der Waals surface area contributed by atoms with E-state index >= 15 is 0 Å². The van der Waals surface area contributed by atoms with Crippen molar-refractivity contribution >= 4 is 28.2 Å². The van der Waals surface area contributed by atoms with Crippen LogP contribution in [0.3, 0.4) is 0 Å². The number of hydrogen-bond donors (Lipinski definition) is 0. The fraction of sp³-hybridized carbons (Fsp3) is 0.312. The van der Waals surface area contributed by atoms with E-state index in [4.69, 9.17) is 4.52 Å². The predicted molar refractivity (Wildman–Crippen MR) is 92.9 cm³/mol. The molecule has 4 rings (SSSR count). The van der Waals surface area contributed by atoms with Crippen molar-refractivity contribution in [2.24, 2.45) is 0 Å². The van der Waals surface area contributed by atoms with Gasteiger partial charge in [-0.2, -0.15) is 0 Å². The van der Waals surface area contributed by atoms with E-state index in [0.717, 1.165) is 45.3 Å². The van der Waals surface area contributed by atoms with Crippen molar-refractivity contribution in [3.05, 3.63) is 42.1 Å². The van der Waals surface area contributed by atoms with Gasteiger partial charge in [0.05, 0.1) is 5.69 Å². The molecule has 0 spiro atoms. The molecule has 7 heteroatoms. The van der Waals surface area contributed by atoms with Crippen molar-refractivity contribution in [1.82, 2.24) is 15.4 Å². The monoisotopic (exact) mass is 344 g/mol. The molecule has 1 aliphatic heterocycles. The molecule has 0 N–H and O–H groups in total. The summed E-state index contributed by atoms with van der Waals surface area (Å²) in [5.74, 6) is 1.54. The molecule has 0 unspecified atom stereocenters. The van der Waals surface area contributed by atoms with E-state index in [1.54, 1.807) is 23.1 Å². The standard InChI is InChI=1S/C16H16N4OS2/c1-2-6-12(7-3-1)14-10-13(19-21-14)11-22-16-18-17-15(23-16)20-8-4-5-9-20/h1-3,6-7,10H,4-5,8-9,11H2. The maximum atomic E-state index is 5.42. The third kappa shape index (κ3) is 3.40. The molecule has 0 amide bonds. The first-order chi connectivity index (χ1) is 11.4. The molecule has 0 atom stereocenters. The lowest BCUT2D eigenvalue weighted by molar-refractivity contribution is 0.426. The zero-order chi connectivity index (χ0) is 15.5. The highest BCUT2D eigenvalue weighted by Gasteiger charge is 2.17. The Labute approximate surface area is 142 Å². The van der Waals surface area contributed by atoms with Crippen LogP contribution in [0.25, 0.3) is 11.3 Å². The molecule has 0 aliphatic carbocycles. The van der Waals surface area contributed by atoms with Gasteiger partial charge in [-0.3, -0.25) is 0 Å². The number of nitrogens with zero attached hydrogens (tertiary/aromatic N) is 4. The summed E-state index contributed by atoms with van der Waals surface area (Å²) >= 11 is 3.32. The molecule has 1 aromatic carbocycles. The highest BCUT2D eigenvalue weighted by atomic mass is 32.2. The number of benzene rings is 1. The normalized spacial score (nSPS) is 14.5. The fourth-order valence-electron chi connectivity index (χ4n) is 2.55. The summed E-state index contributed by atoms with van der Waals surface area (Å²) in [7, 11) is 0. The van der Waals surface area contributed by atoms with E-state index in [2.05, 4.69) is 20.3 Å². The summed E-state index contributed by atoms with van der Waals surface area (Å²) in [5.41, 5.74) is 1.97. The first kappa shape index (κ1) is 14.7. The number of thioether (sulfide) groups is 1. The van der Waals surface area contributed by atoms with Crippen LogP contribution in [0.1, 0.15) is 18.5 Å². The summed E-state index contributed by atoms with van der Waals surface area (Å²) in [4.78, 5) is 2.31. The lowest BCUT2D eigenvalue weighted by Crippen LogP contribution is -2.17. The largest absolute Gasteiger partial charge is 0.356 e. The molecule has 3 aromatic rings. The molecular formula is C16H16N4OS2. The van der Waals surface area contributed by atoms with Crippen LogP contribution in [-0.4, -0.2) is 28.4 Å². The first-order valence-corrected chi connectivity index (χ1v) is 9.41. The van der Waals surface area contributed by atoms with E-state index in [9.17, 15) is 0 Å². The average molecular weight is 344 g/mol. The van der Waals surface area contributed by atoms with Crippen molar-refractivity contribution in [3.8, 4) is 11.3 Å². The Morgan fingerprint density at radius 2 is 1.96 bits per heavy atom. The number of anilines is 1. The lowest BCUT2D eigenvalue weighted by Gasteiger charge is -2.10. The summed E-state index contributed by atoms with van der Waals surface area (Å²) < 4.78 is 6.40. The highest BCUT2D eigenvalue weighted by molar-refractivity contribution is 8.00. The highest BCUT2D eigenvalue weighted by Crippen LogP contribution is 2.32. The molecule has 5 nitrogen and oxygen atoms in total. The quantitative estimate of drug-likeness (QED) is 0.650. The zero-order valence-corrected chi connectivity index (χ0v) is 14.1. The van der Waals surface area contributed by atoms with Gasteiger partial charge in [0.25, 0.3) is 0 Å². The Hall–Kier alpha value is -1.86. The Morgan fingerprint density at radius 1 is 1.13 bits per heavy atom. The van der Waals surface area contributed by atoms with Gasteiger partial charge in [0.1, 0.15) is 0 Å². The Morgan fingerprint density at radius 3 is 2.78 bits per heavy atom. The number of hydrogen-bond acceptors (Lipinski definition) is 7. The summed E-state index contributed by atoms with van der Waals surface area (Å²) in [6, 6.07) is 12.0. The van der Waals surface area contributed by atoms with Crippen molar-refractivity contribution in [1.29, 1.82) is 0 Å². The average Bonchev–Trinajstić information content (AvgIpc) is 3.33. The molecule has 1 saturated heterocycles. The molecular weight excluding hydrogens is 328 g/mol. The van der Waals surface area contributed by atoms with Gasteiger partial charge in [0.2, 0.25) is 5.13 Å². The van der Waals surface area contributed by atoms with Crippen molar-refractivity contribution in [2.75, 3.05) is 18.0 Å². The third-order valence-corrected chi connectivity index (χ3v) is 5.88. The zero-order valence-electron chi connectivity index (χ0n) is 12.5. The second-order valence-electron chi connectivity index (χ2n) is 5.38. The smallest absolute Gasteiger partial charge is 0.209 e. The Bertz CT molecular complexity index is 765. The molecule has 23 heavy (non-hydrogen) atoms. The predicted octanol–water partition coefficient (Wildman–Crippen LogP) is 4.09. The van der Waals surface area contributed by atoms with Crippen LogP contribution in [0.4, 0.5) is 5.13 Å². The summed E-state index contributed by atoms with van der Waals surface area (Å²) in [6.45, 7) is 2.20. The van der Waals surface area contributed by atoms with Gasteiger partial charge in [-0.1, -0.05) is 58.6 Å². The summed E-state index contributed by atoms with van der Waals surface area (Å²) in [5, 5.41) is 13.7. The van der Waals surface area contributed by atoms with Gasteiger partial charge in [0, 0.05) is 30.5 Å². The van der Waals surface area contributed by atoms with Crippen LogP contribution in [0.5, 0.6) is 0 Å². The fourth-order valence-corrected chi connectivity index (χ4v) is 4.32. The SMILES string of the molecule is c1ccc(-c2cc(CSc3nnc(N4CCCC4)s3)no2)cc1. The van der Waals surface area contributed by atoms with Gasteiger partial charge in [-0.05, 0) is 12.8 Å². The van der Waals surface area contributed by atoms with Gasteiger partial charge in [-0.25, -0.2) is 0 Å². The van der Waals surface area contributed by atoms with Crippen LogP contribution in [0.2, 0.25) is 0 Å². The van der Waals surface area contributed by atoms with E-state index in [0.29, 0.717) is 0 Å². The molecule has 0 radical (unpaired) electrons. The Kier molecular flexibility index (Phi) is 4.30.